The molecule has 1 amide bonds. The summed E-state index contributed by atoms with van der Waals surface area (Å²) in [5.41, 5.74) is 1.38. The van der Waals surface area contributed by atoms with Crippen LogP contribution in [0.2, 0.25) is 0 Å². The molecule has 2 aromatic rings. The normalized spacial score (nSPS) is 12.8. The zero-order chi connectivity index (χ0) is 19.2. The topological polar surface area (TPSA) is 55.4 Å². The number of hydrogen-bond acceptors (Lipinski definition) is 4. The number of amides is 1. The Kier molecular flexibility index (Phi) is 6.75. The predicted octanol–water partition coefficient (Wildman–Crippen LogP) is 4.68. The lowest BCUT2D eigenvalue weighted by Crippen LogP contribution is -2.40. The lowest BCUT2D eigenvalue weighted by molar-refractivity contribution is -0.144. The molecule has 0 aliphatic heterocycles. The number of allylic oxidation sites excluding steroid dienone is 1. The minimum atomic E-state index is -0.813. The number of ether oxygens (including phenoxy) is 1. The van der Waals surface area contributed by atoms with E-state index >= 15 is 0 Å². The van der Waals surface area contributed by atoms with Crippen LogP contribution in [-0.2, 0) is 9.53 Å². The maximum Gasteiger partial charge on any atom is 0.332 e. The molecule has 2 rings (SSSR count). The Bertz CT molecular complexity index is 773. The second-order valence-electron chi connectivity index (χ2n) is 6.99. The minimum Gasteiger partial charge on any atom is -0.464 e. The van der Waals surface area contributed by atoms with E-state index in [1.54, 1.807) is 30.4 Å². The van der Waals surface area contributed by atoms with Gasteiger partial charge in [0.1, 0.15) is 6.04 Å². The summed E-state index contributed by atoms with van der Waals surface area (Å²) in [5.74, 6) is -0.768. The molecule has 0 saturated heterocycles. The third kappa shape index (κ3) is 5.85. The molecule has 1 aromatic carbocycles. The van der Waals surface area contributed by atoms with Crippen molar-refractivity contribution in [2.45, 2.75) is 33.7 Å². The zero-order valence-electron chi connectivity index (χ0n) is 15.6. The second-order valence-corrected chi connectivity index (χ2v) is 7.93. The summed E-state index contributed by atoms with van der Waals surface area (Å²) >= 11 is 1.62. The molecule has 4 nitrogen and oxygen atoms in total. The number of benzene rings is 1. The summed E-state index contributed by atoms with van der Waals surface area (Å²) in [6.07, 6.45) is 3.59. The second kappa shape index (κ2) is 8.81. The predicted molar refractivity (Wildman–Crippen MR) is 106 cm³/mol. The van der Waals surface area contributed by atoms with Crippen molar-refractivity contribution in [1.29, 1.82) is 0 Å². The van der Waals surface area contributed by atoms with Crippen LogP contribution in [0.5, 0.6) is 0 Å². The van der Waals surface area contributed by atoms with Crippen molar-refractivity contribution in [2.24, 2.45) is 5.41 Å². The van der Waals surface area contributed by atoms with E-state index in [0.717, 1.165) is 10.4 Å². The Morgan fingerprint density at radius 2 is 2.00 bits per heavy atom. The van der Waals surface area contributed by atoms with E-state index in [-0.39, 0.29) is 17.9 Å². The first-order valence-electron chi connectivity index (χ1n) is 8.61. The highest BCUT2D eigenvalue weighted by atomic mass is 32.1. The lowest BCUT2D eigenvalue weighted by Gasteiger charge is -2.17. The van der Waals surface area contributed by atoms with Crippen LogP contribution in [0.4, 0.5) is 0 Å². The Balaban J connectivity index is 2.19. The number of carbonyl (C=O) groups is 2. The highest BCUT2D eigenvalue weighted by molar-refractivity contribution is 7.13. The molecule has 5 heteroatoms. The third-order valence-electron chi connectivity index (χ3n) is 3.55. The lowest BCUT2D eigenvalue weighted by atomic mass is 9.95. The van der Waals surface area contributed by atoms with Gasteiger partial charge in [0, 0.05) is 10.4 Å². The fourth-order valence-electron chi connectivity index (χ4n) is 2.28. The molecular weight excluding hydrogens is 346 g/mol. The molecule has 1 N–H and O–H groups in total. The van der Waals surface area contributed by atoms with E-state index in [1.807, 2.05) is 62.6 Å². The molecule has 0 bridgehead atoms. The number of rotatable bonds is 6. The van der Waals surface area contributed by atoms with E-state index in [0.29, 0.717) is 5.56 Å². The van der Waals surface area contributed by atoms with Crippen LogP contribution in [0.15, 0.2) is 53.9 Å². The Morgan fingerprint density at radius 1 is 1.23 bits per heavy atom. The van der Waals surface area contributed by atoms with Crippen molar-refractivity contribution < 1.29 is 14.3 Å². The van der Waals surface area contributed by atoms with Crippen molar-refractivity contribution >= 4 is 23.2 Å². The molecule has 0 spiro atoms. The third-order valence-corrected chi connectivity index (χ3v) is 4.47. The van der Waals surface area contributed by atoms with Crippen molar-refractivity contribution in [3.63, 3.8) is 0 Å². The number of hydrogen-bond donors (Lipinski definition) is 1. The fourth-order valence-corrected chi connectivity index (χ4v) is 3.01. The van der Waals surface area contributed by atoms with Crippen LogP contribution >= 0.6 is 11.3 Å². The fraction of sp³-hybridized carbons (Fsp3) is 0.333. The summed E-state index contributed by atoms with van der Waals surface area (Å²) < 4.78 is 5.09. The van der Waals surface area contributed by atoms with Gasteiger partial charge < -0.3 is 10.1 Å². The van der Waals surface area contributed by atoms with Gasteiger partial charge in [-0.1, -0.05) is 51.1 Å². The zero-order valence-corrected chi connectivity index (χ0v) is 16.4. The Hall–Kier alpha value is -2.40. The van der Waals surface area contributed by atoms with E-state index < -0.39 is 12.0 Å². The number of thiophene rings is 1. The number of esters is 1. The van der Waals surface area contributed by atoms with Crippen LogP contribution in [0.25, 0.3) is 10.4 Å². The van der Waals surface area contributed by atoms with E-state index in [9.17, 15) is 9.59 Å². The highest BCUT2D eigenvalue weighted by Gasteiger charge is 2.21. The van der Waals surface area contributed by atoms with Gasteiger partial charge in [0.15, 0.2) is 0 Å². The molecule has 1 aromatic heterocycles. The summed E-state index contributed by atoms with van der Waals surface area (Å²) in [6, 6.07) is 10.5. The Morgan fingerprint density at radius 3 is 2.62 bits per heavy atom. The molecule has 0 aliphatic rings. The van der Waals surface area contributed by atoms with Crippen LogP contribution in [-0.4, -0.2) is 24.5 Å². The summed E-state index contributed by atoms with van der Waals surface area (Å²) in [6.45, 7) is 8.09. The largest absolute Gasteiger partial charge is 0.464 e. The van der Waals surface area contributed by atoms with Gasteiger partial charge in [0.05, 0.1) is 6.61 Å². The van der Waals surface area contributed by atoms with Gasteiger partial charge in [-0.15, -0.1) is 11.3 Å². The first-order valence-corrected chi connectivity index (χ1v) is 9.49. The smallest absolute Gasteiger partial charge is 0.332 e. The average molecular weight is 372 g/mol. The molecule has 26 heavy (non-hydrogen) atoms. The van der Waals surface area contributed by atoms with Crippen molar-refractivity contribution in [3.8, 4) is 10.4 Å². The van der Waals surface area contributed by atoms with Crippen LogP contribution < -0.4 is 5.32 Å². The average Bonchev–Trinajstić information content (AvgIpc) is 3.12. The summed E-state index contributed by atoms with van der Waals surface area (Å²) in [7, 11) is 0. The molecule has 0 radical (unpaired) electrons. The first kappa shape index (κ1) is 19.9. The van der Waals surface area contributed by atoms with Crippen molar-refractivity contribution in [3.05, 3.63) is 59.5 Å². The van der Waals surface area contributed by atoms with Gasteiger partial charge >= 0.3 is 5.97 Å². The summed E-state index contributed by atoms with van der Waals surface area (Å²) in [5, 5.41) is 4.76. The highest BCUT2D eigenvalue weighted by Crippen LogP contribution is 2.25. The maximum atomic E-state index is 12.7. The van der Waals surface area contributed by atoms with Gasteiger partial charge in [-0.2, -0.15) is 0 Å². The minimum absolute atomic E-state index is 0.103. The molecule has 1 unspecified atom stereocenters. The van der Waals surface area contributed by atoms with E-state index in [2.05, 4.69) is 5.32 Å². The number of nitrogens with one attached hydrogen (secondary N) is 1. The van der Waals surface area contributed by atoms with Crippen LogP contribution in [0, 0.1) is 5.41 Å². The maximum absolute atomic E-state index is 12.7. The molecule has 0 fully saturated rings. The van der Waals surface area contributed by atoms with E-state index in [1.165, 1.54) is 0 Å². The molecule has 1 heterocycles. The molecule has 0 saturated carbocycles. The molecule has 1 atom stereocenters. The molecule has 0 aliphatic carbocycles. The molecule has 138 valence electrons. The Labute approximate surface area is 158 Å². The van der Waals surface area contributed by atoms with Crippen molar-refractivity contribution in [1.82, 2.24) is 5.32 Å². The quantitative estimate of drug-likeness (QED) is 0.592. The van der Waals surface area contributed by atoms with Gasteiger partial charge in [-0.05, 0) is 41.5 Å². The monoisotopic (exact) mass is 371 g/mol. The number of carbonyl (C=O) groups excluding carboxylic acids is 2. The van der Waals surface area contributed by atoms with Crippen molar-refractivity contribution in [2.75, 3.05) is 6.61 Å². The van der Waals surface area contributed by atoms with Gasteiger partial charge in [-0.3, -0.25) is 4.79 Å². The molecular formula is C21H25NO3S. The summed E-state index contributed by atoms with van der Waals surface area (Å²) in [4.78, 5) is 25.9. The van der Waals surface area contributed by atoms with Gasteiger partial charge in [0.25, 0.3) is 5.91 Å². The van der Waals surface area contributed by atoms with Crippen LogP contribution in [0.3, 0.4) is 0 Å². The first-order chi connectivity index (χ1) is 12.3. The van der Waals surface area contributed by atoms with Crippen LogP contribution in [0.1, 0.15) is 38.1 Å². The van der Waals surface area contributed by atoms with Gasteiger partial charge in [0.2, 0.25) is 0 Å². The van der Waals surface area contributed by atoms with E-state index in [4.69, 9.17) is 4.74 Å². The van der Waals surface area contributed by atoms with Gasteiger partial charge in [-0.25, -0.2) is 4.79 Å². The SMILES string of the molecule is CCOC(=O)C(/C=C/C(C)(C)C)NC(=O)c1cccc(-c2cccs2)c1. The standard InChI is InChI=1S/C21H25NO3S/c1-5-25-20(24)17(11-12-21(2,3)4)22-19(23)16-9-6-8-15(14-16)18-10-7-13-26-18/h6-14,17H,5H2,1-4H3,(H,22,23)/b12-11+.